The van der Waals surface area contributed by atoms with Gasteiger partial charge < -0.3 is 9.64 Å². The predicted molar refractivity (Wildman–Crippen MR) is 64.0 cm³/mol. The van der Waals surface area contributed by atoms with Crippen molar-refractivity contribution < 1.29 is 9.53 Å². The zero-order chi connectivity index (χ0) is 11.5. The molecule has 0 aliphatic carbocycles. The molecule has 3 heteroatoms. The summed E-state index contributed by atoms with van der Waals surface area (Å²) in [5, 5.41) is 0. The van der Waals surface area contributed by atoms with E-state index in [-0.39, 0.29) is 5.91 Å². The number of amides is 1. The van der Waals surface area contributed by atoms with Crippen LogP contribution in [0.5, 0.6) is 5.75 Å². The van der Waals surface area contributed by atoms with Crippen LogP contribution in [0.1, 0.15) is 25.8 Å². The van der Waals surface area contributed by atoms with Gasteiger partial charge in [0.2, 0.25) is 5.91 Å². The van der Waals surface area contributed by atoms with Crippen LogP contribution in [0, 0.1) is 0 Å². The van der Waals surface area contributed by atoms with E-state index in [2.05, 4.69) is 6.92 Å². The number of benzene rings is 1. The Hall–Kier alpha value is -1.51. The molecule has 0 saturated carbocycles. The van der Waals surface area contributed by atoms with E-state index in [1.54, 1.807) is 6.92 Å². The van der Waals surface area contributed by atoms with E-state index in [1.807, 2.05) is 23.1 Å². The maximum Gasteiger partial charge on any atom is 0.223 e. The van der Waals surface area contributed by atoms with Gasteiger partial charge in [-0.3, -0.25) is 4.79 Å². The van der Waals surface area contributed by atoms with Gasteiger partial charge in [0.15, 0.2) is 0 Å². The number of nitrogens with zero attached hydrogens (tertiary/aromatic N) is 1. The van der Waals surface area contributed by atoms with Crippen LogP contribution < -0.4 is 9.64 Å². The lowest BCUT2D eigenvalue weighted by molar-refractivity contribution is -0.116. The highest BCUT2D eigenvalue weighted by Crippen LogP contribution is 2.35. The summed E-state index contributed by atoms with van der Waals surface area (Å²) in [5.41, 5.74) is 2.19. The van der Waals surface area contributed by atoms with Crippen LogP contribution in [0.2, 0.25) is 0 Å². The van der Waals surface area contributed by atoms with Gasteiger partial charge in [0, 0.05) is 19.0 Å². The summed E-state index contributed by atoms with van der Waals surface area (Å²) in [5.74, 6) is 1.04. The quantitative estimate of drug-likeness (QED) is 0.781. The van der Waals surface area contributed by atoms with E-state index in [4.69, 9.17) is 4.74 Å². The highest BCUT2D eigenvalue weighted by Gasteiger charge is 2.24. The third kappa shape index (κ3) is 1.90. The Balaban J connectivity index is 2.28. The molecule has 0 spiro atoms. The SMILES string of the molecule is CCCOc1cccc2c1CCN2C(C)=O. The molecule has 3 nitrogen and oxygen atoms in total. The van der Waals surface area contributed by atoms with Gasteiger partial charge in [-0.15, -0.1) is 0 Å². The summed E-state index contributed by atoms with van der Waals surface area (Å²) in [7, 11) is 0. The molecule has 1 aliphatic heterocycles. The molecule has 86 valence electrons. The van der Waals surface area contributed by atoms with Crippen molar-refractivity contribution in [1.82, 2.24) is 0 Å². The molecule has 0 radical (unpaired) electrons. The molecular formula is C13H17NO2. The molecule has 1 aromatic rings. The maximum absolute atomic E-state index is 11.4. The van der Waals surface area contributed by atoms with Crippen molar-refractivity contribution >= 4 is 11.6 Å². The van der Waals surface area contributed by atoms with Crippen LogP contribution in [-0.2, 0) is 11.2 Å². The summed E-state index contributed by atoms with van der Waals surface area (Å²) >= 11 is 0. The first-order chi connectivity index (χ1) is 7.74. The van der Waals surface area contributed by atoms with Crippen molar-refractivity contribution in [1.29, 1.82) is 0 Å². The molecule has 0 N–H and O–H groups in total. The van der Waals surface area contributed by atoms with Gasteiger partial charge in [0.05, 0.1) is 12.3 Å². The highest BCUT2D eigenvalue weighted by molar-refractivity contribution is 5.94. The topological polar surface area (TPSA) is 29.5 Å². The van der Waals surface area contributed by atoms with Crippen molar-refractivity contribution in [3.8, 4) is 5.75 Å². The molecule has 0 aromatic heterocycles. The van der Waals surface area contributed by atoms with Crippen molar-refractivity contribution in [2.45, 2.75) is 26.7 Å². The first-order valence-electron chi connectivity index (χ1n) is 5.77. The fourth-order valence-electron chi connectivity index (χ4n) is 2.08. The van der Waals surface area contributed by atoms with Crippen LogP contribution in [0.3, 0.4) is 0 Å². The number of hydrogen-bond donors (Lipinski definition) is 0. The number of carbonyl (C=O) groups is 1. The van der Waals surface area contributed by atoms with Gasteiger partial charge in [-0.2, -0.15) is 0 Å². The number of ether oxygens (including phenoxy) is 1. The smallest absolute Gasteiger partial charge is 0.223 e. The number of anilines is 1. The molecule has 1 amide bonds. The summed E-state index contributed by atoms with van der Waals surface area (Å²) in [6.07, 6.45) is 1.90. The molecule has 0 saturated heterocycles. The average molecular weight is 219 g/mol. The zero-order valence-electron chi connectivity index (χ0n) is 9.82. The second-order valence-electron chi connectivity index (χ2n) is 4.02. The minimum Gasteiger partial charge on any atom is -0.493 e. The Morgan fingerprint density at radius 3 is 3.00 bits per heavy atom. The molecule has 0 unspecified atom stereocenters. The second-order valence-corrected chi connectivity index (χ2v) is 4.02. The lowest BCUT2D eigenvalue weighted by Crippen LogP contribution is -2.25. The van der Waals surface area contributed by atoms with Crippen LogP contribution in [0.15, 0.2) is 18.2 Å². The number of carbonyl (C=O) groups excluding carboxylic acids is 1. The van der Waals surface area contributed by atoms with Crippen LogP contribution >= 0.6 is 0 Å². The standard InChI is InChI=1S/C13H17NO2/c1-3-9-16-13-6-4-5-12-11(13)7-8-14(12)10(2)15/h4-6H,3,7-9H2,1-2H3. The molecule has 2 rings (SSSR count). The Kier molecular flexibility index (Phi) is 3.13. The van der Waals surface area contributed by atoms with Gasteiger partial charge in [0.25, 0.3) is 0 Å². The molecule has 0 fully saturated rings. The highest BCUT2D eigenvalue weighted by atomic mass is 16.5. The van der Waals surface area contributed by atoms with E-state index in [1.165, 1.54) is 5.56 Å². The van der Waals surface area contributed by atoms with Gasteiger partial charge in [-0.25, -0.2) is 0 Å². The van der Waals surface area contributed by atoms with Crippen molar-refractivity contribution in [2.24, 2.45) is 0 Å². The summed E-state index contributed by atoms with van der Waals surface area (Å²) < 4.78 is 5.69. The lowest BCUT2D eigenvalue weighted by Gasteiger charge is -2.15. The minimum absolute atomic E-state index is 0.103. The molecule has 0 atom stereocenters. The zero-order valence-corrected chi connectivity index (χ0v) is 9.82. The first-order valence-corrected chi connectivity index (χ1v) is 5.77. The number of fused-ring (bicyclic) bond motifs is 1. The van der Waals surface area contributed by atoms with Gasteiger partial charge in [0.1, 0.15) is 5.75 Å². The monoisotopic (exact) mass is 219 g/mol. The number of hydrogen-bond acceptors (Lipinski definition) is 2. The van der Waals surface area contributed by atoms with Crippen molar-refractivity contribution in [2.75, 3.05) is 18.1 Å². The molecule has 1 aliphatic rings. The molecule has 0 bridgehead atoms. The third-order valence-corrected chi connectivity index (χ3v) is 2.83. The van der Waals surface area contributed by atoms with Crippen LogP contribution in [0.25, 0.3) is 0 Å². The molecule has 16 heavy (non-hydrogen) atoms. The summed E-state index contributed by atoms with van der Waals surface area (Å²) in [4.78, 5) is 13.2. The average Bonchev–Trinajstić information content (AvgIpc) is 2.70. The van der Waals surface area contributed by atoms with E-state index >= 15 is 0 Å². The van der Waals surface area contributed by atoms with Crippen molar-refractivity contribution in [3.63, 3.8) is 0 Å². The van der Waals surface area contributed by atoms with Crippen molar-refractivity contribution in [3.05, 3.63) is 23.8 Å². The number of rotatable bonds is 3. The first kappa shape index (κ1) is 11.0. The van der Waals surface area contributed by atoms with E-state index < -0.39 is 0 Å². The predicted octanol–water partition coefficient (Wildman–Crippen LogP) is 2.38. The Bertz CT molecular complexity index is 401. The van der Waals surface area contributed by atoms with E-state index in [0.29, 0.717) is 0 Å². The Morgan fingerprint density at radius 1 is 1.50 bits per heavy atom. The minimum atomic E-state index is 0.103. The lowest BCUT2D eigenvalue weighted by atomic mass is 10.1. The Labute approximate surface area is 96.0 Å². The molecule has 1 heterocycles. The van der Waals surface area contributed by atoms with Crippen LogP contribution in [-0.4, -0.2) is 19.1 Å². The molecular weight excluding hydrogens is 202 g/mol. The normalized spacial score (nSPS) is 13.8. The van der Waals surface area contributed by atoms with Gasteiger partial charge in [-0.1, -0.05) is 13.0 Å². The van der Waals surface area contributed by atoms with Gasteiger partial charge >= 0.3 is 0 Å². The Morgan fingerprint density at radius 2 is 2.31 bits per heavy atom. The summed E-state index contributed by atoms with van der Waals surface area (Å²) in [6.45, 7) is 5.20. The maximum atomic E-state index is 11.4. The van der Waals surface area contributed by atoms with E-state index in [9.17, 15) is 4.79 Å². The second kappa shape index (κ2) is 4.56. The molecule has 1 aromatic carbocycles. The largest absolute Gasteiger partial charge is 0.493 e. The van der Waals surface area contributed by atoms with E-state index in [0.717, 1.165) is 37.4 Å². The van der Waals surface area contributed by atoms with Gasteiger partial charge in [-0.05, 0) is 25.0 Å². The van der Waals surface area contributed by atoms with Crippen LogP contribution in [0.4, 0.5) is 5.69 Å². The summed E-state index contributed by atoms with van der Waals surface area (Å²) in [6, 6.07) is 5.92. The fraction of sp³-hybridized carbons (Fsp3) is 0.462. The fourth-order valence-corrected chi connectivity index (χ4v) is 2.08. The third-order valence-electron chi connectivity index (χ3n) is 2.83.